The van der Waals surface area contributed by atoms with Crippen LogP contribution in [0.5, 0.6) is 0 Å². The Bertz CT molecular complexity index is 957. The van der Waals surface area contributed by atoms with Crippen LogP contribution in [0.4, 0.5) is 0 Å². The fraction of sp³-hybridized carbons (Fsp3) is 0.207. The van der Waals surface area contributed by atoms with Gasteiger partial charge in [-0.1, -0.05) is 66.2 Å². The molecule has 32 heavy (non-hydrogen) atoms. The van der Waals surface area contributed by atoms with Crippen molar-refractivity contribution in [2.75, 3.05) is 13.3 Å². The molecule has 3 aromatic carbocycles. The molecule has 2 nitrogen and oxygen atoms in total. The highest BCUT2D eigenvalue weighted by Crippen LogP contribution is 2.55. The normalized spacial score (nSPS) is 12.5. The molecular weight excluding hydrogens is 411 g/mol. The van der Waals surface area contributed by atoms with Gasteiger partial charge in [-0.3, -0.25) is 0 Å². The summed E-state index contributed by atoms with van der Waals surface area (Å²) in [6, 6.07) is 32.8. The van der Waals surface area contributed by atoms with Gasteiger partial charge in [-0.15, -0.1) is 0 Å². The van der Waals surface area contributed by atoms with Gasteiger partial charge in [-0.25, -0.2) is 4.79 Å². The van der Waals surface area contributed by atoms with E-state index in [-0.39, 0.29) is 5.97 Å². The summed E-state index contributed by atoms with van der Waals surface area (Å²) in [6.45, 7) is 4.00. The molecule has 0 aliphatic carbocycles. The lowest BCUT2D eigenvalue weighted by molar-refractivity contribution is -0.136. The van der Waals surface area contributed by atoms with E-state index in [1.165, 1.54) is 28.6 Å². The molecule has 0 amide bonds. The minimum absolute atomic E-state index is 0.256. The third-order valence-electron chi connectivity index (χ3n) is 5.80. The molecule has 0 spiro atoms. The summed E-state index contributed by atoms with van der Waals surface area (Å²) >= 11 is 0. The van der Waals surface area contributed by atoms with Crippen molar-refractivity contribution >= 4 is 29.1 Å². The lowest BCUT2D eigenvalue weighted by Crippen LogP contribution is -2.33. The number of esters is 1. The Hall–Kier alpha value is -2.96. The summed E-state index contributed by atoms with van der Waals surface area (Å²) in [5, 5.41) is 4.17. The van der Waals surface area contributed by atoms with E-state index in [0.29, 0.717) is 5.57 Å². The Morgan fingerprint density at radius 1 is 0.750 bits per heavy atom. The molecule has 3 aromatic rings. The summed E-state index contributed by atoms with van der Waals surface area (Å²) in [6.07, 6.45) is 7.10. The van der Waals surface area contributed by atoms with Crippen LogP contribution in [0.2, 0.25) is 0 Å². The molecule has 3 rings (SSSR count). The van der Waals surface area contributed by atoms with Gasteiger partial charge in [0.05, 0.1) is 13.3 Å². The van der Waals surface area contributed by atoms with Crippen LogP contribution in [0, 0.1) is 0 Å². The van der Waals surface area contributed by atoms with Gasteiger partial charge >= 0.3 is 5.97 Å². The van der Waals surface area contributed by atoms with E-state index in [0.717, 1.165) is 19.0 Å². The van der Waals surface area contributed by atoms with E-state index >= 15 is 0 Å². The van der Waals surface area contributed by atoms with Crippen molar-refractivity contribution in [1.82, 2.24) is 0 Å². The first-order valence-electron chi connectivity index (χ1n) is 11.0. The van der Waals surface area contributed by atoms with Crippen molar-refractivity contribution in [3.63, 3.8) is 0 Å². The van der Waals surface area contributed by atoms with E-state index in [2.05, 4.69) is 104 Å². The van der Waals surface area contributed by atoms with Crippen molar-refractivity contribution in [2.45, 2.75) is 26.7 Å². The zero-order valence-corrected chi connectivity index (χ0v) is 20.1. The number of rotatable bonds is 9. The van der Waals surface area contributed by atoms with E-state index in [1.807, 2.05) is 13.0 Å². The van der Waals surface area contributed by atoms with Crippen LogP contribution >= 0.6 is 7.26 Å². The molecule has 3 heteroatoms. The molecule has 0 unspecified atom stereocenters. The summed E-state index contributed by atoms with van der Waals surface area (Å²) in [5.41, 5.74) is 2.01. The molecular formula is C29H32O2P+. The Labute approximate surface area is 193 Å². The quantitative estimate of drug-likeness (QED) is 0.180. The van der Waals surface area contributed by atoms with Gasteiger partial charge in [0.25, 0.3) is 0 Å². The lowest BCUT2D eigenvalue weighted by atomic mass is 10.1. The minimum Gasteiger partial charge on any atom is -0.466 e. The van der Waals surface area contributed by atoms with Gasteiger partial charge < -0.3 is 4.74 Å². The number of allylic oxidation sites excluding steroid dienone is 3. The predicted molar refractivity (Wildman–Crippen MR) is 139 cm³/mol. The zero-order chi connectivity index (χ0) is 22.8. The molecule has 0 aliphatic rings. The SMILES string of the molecule is COC(=O)/C(C)=C/CC/C(C)=C/C[P+](c1ccccc1)(c1ccccc1)c1ccccc1. The predicted octanol–water partition coefficient (Wildman–Crippen LogP) is 5.83. The Morgan fingerprint density at radius 2 is 1.19 bits per heavy atom. The molecule has 0 saturated carbocycles. The second-order valence-electron chi connectivity index (χ2n) is 7.97. The van der Waals surface area contributed by atoms with Crippen LogP contribution in [0.15, 0.2) is 114 Å². The summed E-state index contributed by atoms with van der Waals surface area (Å²) in [5.74, 6) is -0.256. The third kappa shape index (κ3) is 5.64. The maximum atomic E-state index is 11.6. The monoisotopic (exact) mass is 443 g/mol. The Morgan fingerprint density at radius 3 is 1.59 bits per heavy atom. The summed E-state index contributed by atoms with van der Waals surface area (Å²) < 4.78 is 4.79. The van der Waals surface area contributed by atoms with Crippen molar-refractivity contribution in [3.05, 3.63) is 114 Å². The number of ether oxygens (including phenoxy) is 1. The van der Waals surface area contributed by atoms with Crippen LogP contribution in [-0.4, -0.2) is 19.2 Å². The van der Waals surface area contributed by atoms with Gasteiger partial charge in [0, 0.05) is 5.57 Å². The molecule has 0 bridgehead atoms. The lowest BCUT2D eigenvalue weighted by Gasteiger charge is -2.27. The van der Waals surface area contributed by atoms with E-state index < -0.39 is 7.26 Å². The second-order valence-corrected chi connectivity index (χ2v) is 11.5. The molecule has 0 N–H and O–H groups in total. The molecule has 0 heterocycles. The van der Waals surface area contributed by atoms with Gasteiger partial charge in [-0.2, -0.15) is 0 Å². The van der Waals surface area contributed by atoms with Crippen LogP contribution < -0.4 is 15.9 Å². The maximum Gasteiger partial charge on any atom is 0.333 e. The fourth-order valence-corrected chi connectivity index (χ4v) is 8.12. The number of carbonyl (C=O) groups excluding carboxylic acids is 1. The van der Waals surface area contributed by atoms with Crippen LogP contribution in [0.3, 0.4) is 0 Å². The van der Waals surface area contributed by atoms with Crippen LogP contribution in [-0.2, 0) is 9.53 Å². The van der Waals surface area contributed by atoms with Gasteiger partial charge in [0.15, 0.2) is 0 Å². The van der Waals surface area contributed by atoms with Crippen LogP contribution in [0.1, 0.15) is 26.7 Å². The smallest absolute Gasteiger partial charge is 0.333 e. The standard InChI is InChI=1S/C29H32O2P/c1-24(14-13-15-25(2)29(30)31-3)22-23-32(26-16-7-4-8-17-26,27-18-9-5-10-19-27)28-20-11-6-12-21-28/h4-12,15-22H,13-14,23H2,1-3H3/q+1/b24-22+,25-15+. The molecule has 0 atom stereocenters. The zero-order valence-electron chi connectivity index (χ0n) is 19.2. The largest absolute Gasteiger partial charge is 0.466 e. The van der Waals surface area contributed by atoms with Crippen molar-refractivity contribution < 1.29 is 9.53 Å². The number of methoxy groups -OCH3 is 1. The number of benzene rings is 3. The third-order valence-corrected chi connectivity index (χ3v) is 10.1. The van der Waals surface area contributed by atoms with Crippen molar-refractivity contribution in [2.24, 2.45) is 0 Å². The highest BCUT2D eigenvalue weighted by Gasteiger charge is 2.44. The molecule has 0 aromatic heterocycles. The number of carbonyl (C=O) groups is 1. The van der Waals surface area contributed by atoms with Gasteiger partial charge in [-0.05, 0) is 69.2 Å². The molecule has 0 saturated heterocycles. The van der Waals surface area contributed by atoms with Gasteiger partial charge in [0.1, 0.15) is 23.2 Å². The topological polar surface area (TPSA) is 26.3 Å². The Balaban J connectivity index is 1.98. The summed E-state index contributed by atoms with van der Waals surface area (Å²) in [7, 11) is -0.423. The highest BCUT2D eigenvalue weighted by molar-refractivity contribution is 7.95. The molecule has 0 aliphatic heterocycles. The van der Waals surface area contributed by atoms with Crippen molar-refractivity contribution in [1.29, 1.82) is 0 Å². The second kappa shape index (κ2) is 11.6. The Kier molecular flexibility index (Phi) is 8.59. The minimum atomic E-state index is -1.84. The number of hydrogen-bond donors (Lipinski definition) is 0. The average molecular weight is 444 g/mol. The molecule has 0 radical (unpaired) electrons. The molecule has 164 valence electrons. The molecule has 0 fully saturated rings. The van der Waals surface area contributed by atoms with E-state index in [1.54, 1.807) is 0 Å². The highest BCUT2D eigenvalue weighted by atomic mass is 31.2. The first-order chi connectivity index (χ1) is 15.6. The first-order valence-corrected chi connectivity index (χ1v) is 13.0. The fourth-order valence-electron chi connectivity index (χ4n) is 3.97. The van der Waals surface area contributed by atoms with E-state index in [9.17, 15) is 4.79 Å². The van der Waals surface area contributed by atoms with E-state index in [4.69, 9.17) is 4.74 Å². The average Bonchev–Trinajstić information content (AvgIpc) is 2.86. The van der Waals surface area contributed by atoms with Gasteiger partial charge in [0.2, 0.25) is 0 Å². The van der Waals surface area contributed by atoms with Crippen LogP contribution in [0.25, 0.3) is 0 Å². The maximum absolute atomic E-state index is 11.6. The van der Waals surface area contributed by atoms with Crippen molar-refractivity contribution in [3.8, 4) is 0 Å². The summed E-state index contributed by atoms with van der Waals surface area (Å²) in [4.78, 5) is 11.6. The number of hydrogen-bond acceptors (Lipinski definition) is 2. The first kappa shape index (κ1) is 23.7.